The highest BCUT2D eigenvalue weighted by molar-refractivity contribution is 5.90. The summed E-state index contributed by atoms with van der Waals surface area (Å²) in [6.45, 7) is 4.96. The number of amides is 1. The fourth-order valence-corrected chi connectivity index (χ4v) is 2.39. The van der Waals surface area contributed by atoms with Crippen LogP contribution in [0.2, 0.25) is 0 Å². The Morgan fingerprint density at radius 3 is 2.30 bits per heavy atom. The Balaban J connectivity index is 2.09. The van der Waals surface area contributed by atoms with Crippen LogP contribution in [0.15, 0.2) is 18.3 Å². The molecule has 1 rings (SSSR count). The van der Waals surface area contributed by atoms with Crippen molar-refractivity contribution in [3.8, 4) is 5.88 Å². The summed E-state index contributed by atoms with van der Waals surface area (Å²) in [4.78, 5) is 16.1. The van der Waals surface area contributed by atoms with Crippen molar-refractivity contribution in [1.82, 2.24) is 4.98 Å². The Kier molecular flexibility index (Phi) is 10.9. The van der Waals surface area contributed by atoms with Gasteiger partial charge in [0.05, 0.1) is 18.5 Å². The molecule has 23 heavy (non-hydrogen) atoms. The maximum Gasteiger partial charge on any atom is 0.224 e. The van der Waals surface area contributed by atoms with Crippen LogP contribution in [-0.4, -0.2) is 17.5 Å². The molecule has 0 bridgehead atoms. The molecule has 4 heteroatoms. The van der Waals surface area contributed by atoms with E-state index in [9.17, 15) is 4.79 Å². The largest absolute Gasteiger partial charge is 0.478 e. The van der Waals surface area contributed by atoms with E-state index in [2.05, 4.69) is 24.1 Å². The molecular weight excluding hydrogens is 288 g/mol. The molecule has 1 aromatic heterocycles. The highest BCUT2D eigenvalue weighted by atomic mass is 16.5. The number of nitrogens with zero attached hydrogens (tertiary/aromatic N) is 1. The second-order valence-corrected chi connectivity index (χ2v) is 6.01. The summed E-state index contributed by atoms with van der Waals surface area (Å²) in [6.07, 6.45) is 13.1. The molecule has 0 saturated carbocycles. The molecule has 0 saturated heterocycles. The fraction of sp³-hybridized carbons (Fsp3) is 0.684. The van der Waals surface area contributed by atoms with E-state index < -0.39 is 0 Å². The molecule has 1 N–H and O–H groups in total. The van der Waals surface area contributed by atoms with E-state index in [4.69, 9.17) is 4.74 Å². The zero-order chi connectivity index (χ0) is 16.8. The summed E-state index contributed by atoms with van der Waals surface area (Å²) >= 11 is 0. The minimum absolute atomic E-state index is 0.0695. The van der Waals surface area contributed by atoms with E-state index in [0.29, 0.717) is 18.9 Å². The van der Waals surface area contributed by atoms with Crippen LogP contribution in [0.1, 0.15) is 78.1 Å². The van der Waals surface area contributed by atoms with Gasteiger partial charge in [-0.25, -0.2) is 4.98 Å². The van der Waals surface area contributed by atoms with Gasteiger partial charge in [0.2, 0.25) is 11.8 Å². The van der Waals surface area contributed by atoms with E-state index in [1.807, 2.05) is 6.07 Å². The lowest BCUT2D eigenvalue weighted by molar-refractivity contribution is -0.116. The molecule has 4 nitrogen and oxygen atoms in total. The first-order chi connectivity index (χ1) is 11.3. The van der Waals surface area contributed by atoms with Crippen LogP contribution in [0, 0.1) is 0 Å². The molecule has 0 spiro atoms. The van der Waals surface area contributed by atoms with Gasteiger partial charge in [0.1, 0.15) is 0 Å². The number of unbranched alkanes of at least 4 members (excludes halogenated alkanes) is 7. The number of pyridine rings is 1. The maximum absolute atomic E-state index is 11.9. The van der Waals surface area contributed by atoms with Gasteiger partial charge in [-0.15, -0.1) is 0 Å². The summed E-state index contributed by atoms with van der Waals surface area (Å²) in [5.41, 5.74) is 0.735. The normalized spacial score (nSPS) is 10.5. The van der Waals surface area contributed by atoms with Gasteiger partial charge in [-0.05, 0) is 18.9 Å². The quantitative estimate of drug-likeness (QED) is 0.499. The third-order valence-corrected chi connectivity index (χ3v) is 3.73. The monoisotopic (exact) mass is 320 g/mol. The SMILES string of the molecule is CCCCCCCCCCC(=O)Nc1ccc(OCCC)nc1. The van der Waals surface area contributed by atoms with Crippen LogP contribution in [-0.2, 0) is 4.79 Å². The molecule has 0 aliphatic carbocycles. The van der Waals surface area contributed by atoms with E-state index >= 15 is 0 Å². The number of ether oxygens (including phenoxy) is 1. The van der Waals surface area contributed by atoms with Crippen molar-refractivity contribution < 1.29 is 9.53 Å². The van der Waals surface area contributed by atoms with Crippen LogP contribution >= 0.6 is 0 Å². The average molecular weight is 320 g/mol. The standard InChI is InChI=1S/C19H32N2O2/c1-3-5-6-7-8-9-10-11-12-18(22)21-17-13-14-19(20-16-17)23-15-4-2/h13-14,16H,3-12,15H2,1-2H3,(H,21,22). The number of rotatable bonds is 13. The van der Waals surface area contributed by atoms with Crippen molar-refractivity contribution in [2.24, 2.45) is 0 Å². The lowest BCUT2D eigenvalue weighted by Gasteiger charge is -2.07. The predicted molar refractivity (Wildman–Crippen MR) is 95.9 cm³/mol. The molecule has 1 heterocycles. The zero-order valence-electron chi connectivity index (χ0n) is 14.8. The summed E-state index contributed by atoms with van der Waals surface area (Å²) in [5.74, 6) is 0.674. The molecule has 0 fully saturated rings. The number of hydrogen-bond acceptors (Lipinski definition) is 3. The van der Waals surface area contributed by atoms with Gasteiger partial charge in [0, 0.05) is 12.5 Å². The van der Waals surface area contributed by atoms with Gasteiger partial charge in [-0.1, -0.05) is 58.8 Å². The van der Waals surface area contributed by atoms with Gasteiger partial charge in [0.15, 0.2) is 0 Å². The molecule has 0 aromatic carbocycles. The Labute approximate surface area is 141 Å². The fourth-order valence-electron chi connectivity index (χ4n) is 2.39. The highest BCUT2D eigenvalue weighted by Gasteiger charge is 2.03. The number of aromatic nitrogens is 1. The smallest absolute Gasteiger partial charge is 0.224 e. The maximum atomic E-state index is 11.9. The Morgan fingerprint density at radius 1 is 1.00 bits per heavy atom. The van der Waals surface area contributed by atoms with E-state index in [0.717, 1.165) is 24.9 Å². The molecule has 0 radical (unpaired) electrons. The van der Waals surface area contributed by atoms with Crippen LogP contribution < -0.4 is 10.1 Å². The highest BCUT2D eigenvalue weighted by Crippen LogP contribution is 2.13. The van der Waals surface area contributed by atoms with E-state index in [1.165, 1.54) is 38.5 Å². The lowest BCUT2D eigenvalue weighted by atomic mass is 10.1. The molecule has 0 unspecified atom stereocenters. The van der Waals surface area contributed by atoms with Crippen LogP contribution in [0.5, 0.6) is 5.88 Å². The molecule has 0 aliphatic heterocycles. The Hall–Kier alpha value is -1.58. The molecule has 0 atom stereocenters. The van der Waals surface area contributed by atoms with Crippen molar-refractivity contribution >= 4 is 11.6 Å². The van der Waals surface area contributed by atoms with Gasteiger partial charge < -0.3 is 10.1 Å². The number of anilines is 1. The van der Waals surface area contributed by atoms with Crippen molar-refractivity contribution in [2.45, 2.75) is 78.1 Å². The van der Waals surface area contributed by atoms with Crippen LogP contribution in [0.25, 0.3) is 0 Å². The van der Waals surface area contributed by atoms with Gasteiger partial charge in [0.25, 0.3) is 0 Å². The van der Waals surface area contributed by atoms with Gasteiger partial charge >= 0.3 is 0 Å². The van der Waals surface area contributed by atoms with Gasteiger partial charge in [-0.3, -0.25) is 4.79 Å². The number of nitrogens with one attached hydrogen (secondary N) is 1. The van der Waals surface area contributed by atoms with Crippen LogP contribution in [0.3, 0.4) is 0 Å². The summed E-state index contributed by atoms with van der Waals surface area (Å²) < 4.78 is 5.42. The minimum atomic E-state index is 0.0695. The molecule has 130 valence electrons. The third-order valence-electron chi connectivity index (χ3n) is 3.73. The first kappa shape index (κ1) is 19.5. The minimum Gasteiger partial charge on any atom is -0.478 e. The number of carbonyl (C=O) groups is 1. The van der Waals surface area contributed by atoms with E-state index in [-0.39, 0.29) is 5.91 Å². The zero-order valence-corrected chi connectivity index (χ0v) is 14.8. The number of carbonyl (C=O) groups excluding carboxylic acids is 1. The molecule has 0 aliphatic rings. The molecular formula is C19H32N2O2. The predicted octanol–water partition coefficient (Wildman–Crippen LogP) is 5.34. The lowest BCUT2D eigenvalue weighted by Crippen LogP contribution is -2.11. The second kappa shape index (κ2) is 12.9. The molecule has 1 aromatic rings. The Bertz CT molecular complexity index is 418. The topological polar surface area (TPSA) is 51.2 Å². The van der Waals surface area contributed by atoms with Gasteiger partial charge in [-0.2, -0.15) is 0 Å². The second-order valence-electron chi connectivity index (χ2n) is 6.01. The molecule has 1 amide bonds. The van der Waals surface area contributed by atoms with Crippen molar-refractivity contribution in [3.05, 3.63) is 18.3 Å². The van der Waals surface area contributed by atoms with Crippen molar-refractivity contribution in [1.29, 1.82) is 0 Å². The third kappa shape index (κ3) is 9.93. The average Bonchev–Trinajstić information content (AvgIpc) is 2.56. The first-order valence-corrected chi connectivity index (χ1v) is 9.15. The Morgan fingerprint density at radius 2 is 1.70 bits per heavy atom. The first-order valence-electron chi connectivity index (χ1n) is 9.15. The van der Waals surface area contributed by atoms with E-state index in [1.54, 1.807) is 12.3 Å². The summed E-state index contributed by atoms with van der Waals surface area (Å²) in [5, 5.41) is 2.89. The summed E-state index contributed by atoms with van der Waals surface area (Å²) in [6, 6.07) is 3.63. The van der Waals surface area contributed by atoms with Crippen LogP contribution in [0.4, 0.5) is 5.69 Å². The number of hydrogen-bond donors (Lipinski definition) is 1. The van der Waals surface area contributed by atoms with Crippen molar-refractivity contribution in [3.63, 3.8) is 0 Å². The van der Waals surface area contributed by atoms with Crippen molar-refractivity contribution in [2.75, 3.05) is 11.9 Å². The summed E-state index contributed by atoms with van der Waals surface area (Å²) in [7, 11) is 0.